The average Bonchev–Trinajstić information content (AvgIpc) is 2.25. The zero-order chi connectivity index (χ0) is 10.7. The van der Waals surface area contributed by atoms with Crippen molar-refractivity contribution >= 4 is 21.6 Å². The Morgan fingerprint density at radius 2 is 1.80 bits per heavy atom. The molecule has 0 aliphatic heterocycles. The minimum absolute atomic E-state index is 0.308. The molecule has 2 nitrogen and oxygen atoms in total. The minimum Gasteiger partial charge on any atom is -0.381 e. The largest absolute Gasteiger partial charge is 0.381 e. The van der Waals surface area contributed by atoms with Gasteiger partial charge in [0.2, 0.25) is 0 Å². The zero-order valence-corrected chi connectivity index (χ0v) is 10.3. The van der Waals surface area contributed by atoms with E-state index < -0.39 is 0 Å². The minimum atomic E-state index is 0.308. The second kappa shape index (κ2) is 4.99. The molecule has 1 aromatic rings. The van der Waals surface area contributed by atoms with Crippen LogP contribution in [0.25, 0.3) is 0 Å². The van der Waals surface area contributed by atoms with Gasteiger partial charge in [-0.25, -0.2) is 0 Å². The number of halogens is 1. The van der Waals surface area contributed by atoms with Gasteiger partial charge in [-0.05, 0) is 37.1 Å². The van der Waals surface area contributed by atoms with Crippen molar-refractivity contribution in [1.82, 2.24) is 0 Å². The molecular formula is C12H17BrN2. The molecule has 1 aliphatic carbocycles. The van der Waals surface area contributed by atoms with Crippen LogP contribution in [0.15, 0.2) is 28.7 Å². The molecule has 2 rings (SSSR count). The number of benzene rings is 1. The molecule has 0 spiro atoms. The van der Waals surface area contributed by atoms with Crippen LogP contribution in [0.3, 0.4) is 0 Å². The quantitative estimate of drug-likeness (QED) is 0.865. The predicted octanol–water partition coefficient (Wildman–Crippen LogP) is 3.13. The lowest BCUT2D eigenvalue weighted by atomic mass is 9.91. The van der Waals surface area contributed by atoms with Gasteiger partial charge in [-0.15, -0.1) is 0 Å². The van der Waals surface area contributed by atoms with Crippen molar-refractivity contribution in [2.24, 2.45) is 5.73 Å². The molecule has 0 heterocycles. The van der Waals surface area contributed by atoms with Crippen LogP contribution in [0.2, 0.25) is 0 Å². The molecule has 2 atom stereocenters. The molecule has 1 fully saturated rings. The SMILES string of the molecule is N[C@H]1CCCC[C@H]1Nc1ccc(Br)cc1. The van der Waals surface area contributed by atoms with E-state index in [1.807, 2.05) is 0 Å². The normalized spacial score (nSPS) is 26.3. The van der Waals surface area contributed by atoms with Gasteiger partial charge >= 0.3 is 0 Å². The van der Waals surface area contributed by atoms with E-state index >= 15 is 0 Å². The van der Waals surface area contributed by atoms with Crippen LogP contribution in [0.1, 0.15) is 25.7 Å². The molecular weight excluding hydrogens is 252 g/mol. The maximum Gasteiger partial charge on any atom is 0.0412 e. The Bertz CT molecular complexity index is 310. The standard InChI is InChI=1S/C12H17BrN2/c13-9-5-7-10(8-6-9)15-12-4-2-1-3-11(12)14/h5-8,11-12,15H,1-4,14H2/t11-,12+/m0/s1. The maximum atomic E-state index is 6.08. The van der Waals surface area contributed by atoms with Gasteiger partial charge in [0, 0.05) is 22.2 Å². The van der Waals surface area contributed by atoms with Crippen LogP contribution in [-0.2, 0) is 0 Å². The van der Waals surface area contributed by atoms with Crippen molar-refractivity contribution in [2.75, 3.05) is 5.32 Å². The summed E-state index contributed by atoms with van der Waals surface area (Å²) in [6, 6.07) is 9.03. The zero-order valence-electron chi connectivity index (χ0n) is 8.75. The molecule has 0 aromatic heterocycles. The van der Waals surface area contributed by atoms with E-state index in [0.29, 0.717) is 12.1 Å². The summed E-state index contributed by atoms with van der Waals surface area (Å²) in [5, 5.41) is 3.51. The predicted molar refractivity (Wildman–Crippen MR) is 68.0 cm³/mol. The monoisotopic (exact) mass is 268 g/mol. The number of hydrogen-bond acceptors (Lipinski definition) is 2. The van der Waals surface area contributed by atoms with Crippen molar-refractivity contribution < 1.29 is 0 Å². The summed E-state index contributed by atoms with van der Waals surface area (Å²) in [7, 11) is 0. The molecule has 3 heteroatoms. The first-order chi connectivity index (χ1) is 7.25. The van der Waals surface area contributed by atoms with E-state index in [9.17, 15) is 0 Å². The van der Waals surface area contributed by atoms with Crippen LogP contribution in [-0.4, -0.2) is 12.1 Å². The van der Waals surface area contributed by atoms with Gasteiger partial charge in [-0.3, -0.25) is 0 Å². The fourth-order valence-corrected chi connectivity index (χ4v) is 2.36. The molecule has 0 unspecified atom stereocenters. The Balaban J connectivity index is 1.98. The van der Waals surface area contributed by atoms with Gasteiger partial charge in [0.1, 0.15) is 0 Å². The molecule has 15 heavy (non-hydrogen) atoms. The maximum absolute atomic E-state index is 6.08. The Hall–Kier alpha value is -0.540. The molecule has 0 bridgehead atoms. The third kappa shape index (κ3) is 2.95. The van der Waals surface area contributed by atoms with Crippen LogP contribution < -0.4 is 11.1 Å². The van der Waals surface area contributed by atoms with Crippen molar-refractivity contribution in [3.05, 3.63) is 28.7 Å². The van der Waals surface area contributed by atoms with E-state index in [4.69, 9.17) is 5.73 Å². The van der Waals surface area contributed by atoms with Crippen molar-refractivity contribution in [3.63, 3.8) is 0 Å². The van der Waals surface area contributed by atoms with Crippen molar-refractivity contribution in [3.8, 4) is 0 Å². The van der Waals surface area contributed by atoms with Gasteiger partial charge in [0.05, 0.1) is 0 Å². The molecule has 0 amide bonds. The van der Waals surface area contributed by atoms with E-state index in [1.165, 1.54) is 24.9 Å². The Labute approximate surface area is 99.4 Å². The number of anilines is 1. The summed E-state index contributed by atoms with van der Waals surface area (Å²) in [4.78, 5) is 0. The Kier molecular flexibility index (Phi) is 3.65. The van der Waals surface area contributed by atoms with Gasteiger partial charge in [-0.2, -0.15) is 0 Å². The van der Waals surface area contributed by atoms with Crippen molar-refractivity contribution in [2.45, 2.75) is 37.8 Å². The van der Waals surface area contributed by atoms with Gasteiger partial charge in [-0.1, -0.05) is 28.8 Å². The fraction of sp³-hybridized carbons (Fsp3) is 0.500. The van der Waals surface area contributed by atoms with Crippen LogP contribution in [0, 0.1) is 0 Å². The Morgan fingerprint density at radius 1 is 1.13 bits per heavy atom. The van der Waals surface area contributed by atoms with Crippen LogP contribution >= 0.6 is 15.9 Å². The van der Waals surface area contributed by atoms with Crippen molar-refractivity contribution in [1.29, 1.82) is 0 Å². The highest BCUT2D eigenvalue weighted by atomic mass is 79.9. The molecule has 1 saturated carbocycles. The summed E-state index contributed by atoms with van der Waals surface area (Å²) in [5.41, 5.74) is 7.25. The molecule has 0 radical (unpaired) electrons. The second-order valence-electron chi connectivity index (χ2n) is 4.21. The second-order valence-corrected chi connectivity index (χ2v) is 5.12. The molecule has 82 valence electrons. The third-order valence-corrected chi connectivity index (χ3v) is 3.54. The van der Waals surface area contributed by atoms with Crippen LogP contribution in [0.5, 0.6) is 0 Å². The highest BCUT2D eigenvalue weighted by Crippen LogP contribution is 2.22. The highest BCUT2D eigenvalue weighted by molar-refractivity contribution is 9.10. The molecule has 0 saturated heterocycles. The summed E-state index contributed by atoms with van der Waals surface area (Å²) >= 11 is 3.43. The summed E-state index contributed by atoms with van der Waals surface area (Å²) < 4.78 is 1.11. The lowest BCUT2D eigenvalue weighted by molar-refractivity contribution is 0.404. The topological polar surface area (TPSA) is 38.0 Å². The first-order valence-corrected chi connectivity index (χ1v) is 6.33. The van der Waals surface area contributed by atoms with E-state index in [1.54, 1.807) is 0 Å². The average molecular weight is 269 g/mol. The lowest BCUT2D eigenvalue weighted by Gasteiger charge is -2.30. The number of nitrogens with one attached hydrogen (secondary N) is 1. The Morgan fingerprint density at radius 3 is 2.47 bits per heavy atom. The van der Waals surface area contributed by atoms with Gasteiger partial charge < -0.3 is 11.1 Å². The number of rotatable bonds is 2. The first kappa shape index (κ1) is 11.0. The van der Waals surface area contributed by atoms with Gasteiger partial charge in [0.25, 0.3) is 0 Å². The van der Waals surface area contributed by atoms with E-state index in [2.05, 4.69) is 45.5 Å². The lowest BCUT2D eigenvalue weighted by Crippen LogP contribution is -2.42. The van der Waals surface area contributed by atoms with Crippen LogP contribution in [0.4, 0.5) is 5.69 Å². The van der Waals surface area contributed by atoms with E-state index in [-0.39, 0.29) is 0 Å². The summed E-state index contributed by atoms with van der Waals surface area (Å²) in [6.07, 6.45) is 4.91. The number of nitrogens with two attached hydrogens (primary N) is 1. The third-order valence-electron chi connectivity index (χ3n) is 3.02. The van der Waals surface area contributed by atoms with Gasteiger partial charge in [0.15, 0.2) is 0 Å². The molecule has 3 N–H and O–H groups in total. The first-order valence-electron chi connectivity index (χ1n) is 5.53. The highest BCUT2D eigenvalue weighted by Gasteiger charge is 2.21. The van der Waals surface area contributed by atoms with E-state index in [0.717, 1.165) is 10.9 Å². The summed E-state index contributed by atoms with van der Waals surface area (Å²) in [6.45, 7) is 0. The smallest absolute Gasteiger partial charge is 0.0412 e. The fourth-order valence-electron chi connectivity index (χ4n) is 2.10. The molecule has 1 aliphatic rings. The summed E-state index contributed by atoms with van der Waals surface area (Å²) in [5.74, 6) is 0. The number of hydrogen-bond donors (Lipinski definition) is 2. The molecule has 1 aromatic carbocycles.